The normalized spacial score (nSPS) is 24.9. The first kappa shape index (κ1) is 11.1. The van der Waals surface area contributed by atoms with Crippen LogP contribution >= 0.6 is 0 Å². The summed E-state index contributed by atoms with van der Waals surface area (Å²) in [5, 5.41) is 0. The predicted molar refractivity (Wildman–Crippen MR) is 69.1 cm³/mol. The Hall–Kier alpha value is -1.06. The molecule has 1 fully saturated rings. The number of likely N-dealkylation sites (N-methyl/N-ethyl adjacent to an activating group) is 1. The molecule has 0 spiro atoms. The van der Waals surface area contributed by atoms with E-state index in [9.17, 15) is 0 Å². The summed E-state index contributed by atoms with van der Waals surface area (Å²) < 4.78 is 5.51. The van der Waals surface area contributed by atoms with Gasteiger partial charge in [-0.25, -0.2) is 0 Å². The van der Waals surface area contributed by atoms with Crippen LogP contribution in [-0.2, 0) is 17.7 Å². The molecule has 0 saturated carbocycles. The highest BCUT2D eigenvalue weighted by molar-refractivity contribution is 5.52. The van der Waals surface area contributed by atoms with Gasteiger partial charge in [-0.2, -0.15) is 0 Å². The Balaban J connectivity index is 2.02. The molecule has 1 aromatic rings. The van der Waals surface area contributed by atoms with Gasteiger partial charge in [0.05, 0.1) is 6.61 Å². The van der Waals surface area contributed by atoms with Crippen molar-refractivity contribution in [3.63, 3.8) is 0 Å². The number of nitrogens with zero attached hydrogens (tertiary/aromatic N) is 1. The fourth-order valence-corrected chi connectivity index (χ4v) is 3.04. The van der Waals surface area contributed by atoms with E-state index in [0.717, 1.165) is 44.8 Å². The average molecular weight is 232 g/mol. The third-order valence-electron chi connectivity index (χ3n) is 3.95. The van der Waals surface area contributed by atoms with Crippen molar-refractivity contribution in [3.05, 3.63) is 28.8 Å². The number of ether oxygens (including phenoxy) is 1. The molecule has 92 valence electrons. The van der Waals surface area contributed by atoms with E-state index in [0.29, 0.717) is 5.92 Å². The van der Waals surface area contributed by atoms with Gasteiger partial charge in [0.2, 0.25) is 0 Å². The van der Waals surface area contributed by atoms with Gasteiger partial charge in [0.15, 0.2) is 0 Å². The van der Waals surface area contributed by atoms with Crippen LogP contribution < -0.4 is 5.73 Å². The summed E-state index contributed by atoms with van der Waals surface area (Å²) in [6, 6.07) is 4.31. The van der Waals surface area contributed by atoms with Crippen LogP contribution in [0.5, 0.6) is 0 Å². The van der Waals surface area contributed by atoms with E-state index in [1.807, 2.05) is 0 Å². The maximum absolute atomic E-state index is 6.04. The average Bonchev–Trinajstić information content (AvgIpc) is 2.80. The van der Waals surface area contributed by atoms with E-state index in [2.05, 4.69) is 24.1 Å². The lowest BCUT2D eigenvalue weighted by Crippen LogP contribution is -2.28. The molecule has 3 nitrogen and oxygen atoms in total. The highest BCUT2D eigenvalue weighted by Crippen LogP contribution is 2.33. The molecule has 2 aliphatic heterocycles. The molecule has 0 radical (unpaired) electrons. The lowest BCUT2D eigenvalue weighted by atomic mass is 9.86. The summed E-state index contributed by atoms with van der Waals surface area (Å²) in [6.07, 6.45) is 2.30. The molecule has 3 heteroatoms. The molecular weight excluding hydrogens is 212 g/mol. The maximum atomic E-state index is 6.04. The van der Waals surface area contributed by atoms with Crippen LogP contribution in [0.25, 0.3) is 0 Å². The summed E-state index contributed by atoms with van der Waals surface area (Å²) in [5.41, 5.74) is 11.3. The van der Waals surface area contributed by atoms with Crippen molar-refractivity contribution in [1.29, 1.82) is 0 Å². The largest absolute Gasteiger partial charge is 0.399 e. The van der Waals surface area contributed by atoms with Crippen molar-refractivity contribution in [2.24, 2.45) is 0 Å². The van der Waals surface area contributed by atoms with Crippen LogP contribution in [0.4, 0.5) is 5.69 Å². The van der Waals surface area contributed by atoms with Gasteiger partial charge in [0.1, 0.15) is 0 Å². The molecule has 0 aromatic heterocycles. The van der Waals surface area contributed by atoms with E-state index in [1.165, 1.54) is 16.7 Å². The van der Waals surface area contributed by atoms with Gasteiger partial charge < -0.3 is 15.4 Å². The minimum atomic E-state index is 0.565. The van der Waals surface area contributed by atoms with Crippen LogP contribution in [0.2, 0.25) is 0 Å². The zero-order valence-electron chi connectivity index (χ0n) is 10.4. The Labute approximate surface area is 103 Å². The van der Waals surface area contributed by atoms with Gasteiger partial charge in [-0.1, -0.05) is 0 Å². The van der Waals surface area contributed by atoms with E-state index in [4.69, 9.17) is 10.5 Å². The van der Waals surface area contributed by atoms with E-state index < -0.39 is 0 Å². The summed E-state index contributed by atoms with van der Waals surface area (Å²) in [4.78, 5) is 2.36. The molecule has 3 rings (SSSR count). The van der Waals surface area contributed by atoms with Crippen LogP contribution in [0.3, 0.4) is 0 Å². The first-order valence-electron chi connectivity index (χ1n) is 6.41. The van der Waals surface area contributed by atoms with Gasteiger partial charge >= 0.3 is 0 Å². The maximum Gasteiger partial charge on any atom is 0.0535 e. The Bertz CT molecular complexity index is 424. The molecule has 1 atom stereocenters. The second-order valence-corrected chi connectivity index (χ2v) is 5.30. The van der Waals surface area contributed by atoms with Crippen LogP contribution in [0.1, 0.15) is 29.0 Å². The Kier molecular flexibility index (Phi) is 2.81. The standard InChI is InChI=1S/C14H20N2O/c1-16-4-2-13-11(8-16)6-12(15)7-14(13)10-3-5-17-9-10/h6-7,10H,2-5,8-9,15H2,1H3. The zero-order valence-corrected chi connectivity index (χ0v) is 10.4. The first-order chi connectivity index (χ1) is 8.24. The van der Waals surface area contributed by atoms with Gasteiger partial charge in [-0.15, -0.1) is 0 Å². The predicted octanol–water partition coefficient (Wildman–Crippen LogP) is 1.76. The topological polar surface area (TPSA) is 38.5 Å². The fourth-order valence-electron chi connectivity index (χ4n) is 3.04. The van der Waals surface area contributed by atoms with E-state index in [1.54, 1.807) is 0 Å². The zero-order chi connectivity index (χ0) is 11.8. The van der Waals surface area contributed by atoms with Gasteiger partial charge in [0, 0.05) is 31.3 Å². The number of nitrogens with two attached hydrogens (primary N) is 1. The number of rotatable bonds is 1. The molecule has 0 aliphatic carbocycles. The SMILES string of the molecule is CN1CCc2c(cc(N)cc2C2CCOC2)C1. The molecule has 0 amide bonds. The fraction of sp³-hybridized carbons (Fsp3) is 0.571. The van der Waals surface area contributed by atoms with E-state index >= 15 is 0 Å². The Morgan fingerprint density at radius 2 is 2.29 bits per heavy atom. The number of benzene rings is 1. The monoisotopic (exact) mass is 232 g/mol. The smallest absolute Gasteiger partial charge is 0.0535 e. The van der Waals surface area contributed by atoms with E-state index in [-0.39, 0.29) is 0 Å². The highest BCUT2D eigenvalue weighted by atomic mass is 16.5. The van der Waals surface area contributed by atoms with Crippen molar-refractivity contribution in [1.82, 2.24) is 4.90 Å². The molecule has 0 bridgehead atoms. The van der Waals surface area contributed by atoms with Gasteiger partial charge in [0.25, 0.3) is 0 Å². The Morgan fingerprint density at radius 3 is 3.06 bits per heavy atom. The van der Waals surface area contributed by atoms with Crippen LogP contribution in [0, 0.1) is 0 Å². The van der Waals surface area contributed by atoms with Crippen molar-refractivity contribution in [3.8, 4) is 0 Å². The number of hydrogen-bond donors (Lipinski definition) is 1. The van der Waals surface area contributed by atoms with Gasteiger partial charge in [-0.3, -0.25) is 0 Å². The minimum absolute atomic E-state index is 0.565. The molecule has 1 unspecified atom stereocenters. The lowest BCUT2D eigenvalue weighted by Gasteiger charge is -2.28. The first-order valence-corrected chi connectivity index (χ1v) is 6.41. The molecule has 2 aliphatic rings. The molecule has 1 saturated heterocycles. The second-order valence-electron chi connectivity index (χ2n) is 5.30. The lowest BCUT2D eigenvalue weighted by molar-refractivity contribution is 0.193. The summed E-state index contributed by atoms with van der Waals surface area (Å²) in [7, 11) is 2.17. The molecule has 17 heavy (non-hydrogen) atoms. The Morgan fingerprint density at radius 1 is 1.41 bits per heavy atom. The summed E-state index contributed by atoms with van der Waals surface area (Å²) >= 11 is 0. The molecule has 2 N–H and O–H groups in total. The van der Waals surface area contributed by atoms with Crippen molar-refractivity contribution < 1.29 is 4.74 Å². The molecule has 2 heterocycles. The number of nitrogen functional groups attached to an aromatic ring is 1. The molecular formula is C14H20N2O. The molecule has 1 aromatic carbocycles. The summed E-state index contributed by atoms with van der Waals surface area (Å²) in [5.74, 6) is 0.565. The third-order valence-corrected chi connectivity index (χ3v) is 3.95. The summed E-state index contributed by atoms with van der Waals surface area (Å²) in [6.45, 7) is 3.94. The number of fused-ring (bicyclic) bond motifs is 1. The van der Waals surface area contributed by atoms with Crippen LogP contribution in [0.15, 0.2) is 12.1 Å². The minimum Gasteiger partial charge on any atom is -0.399 e. The number of anilines is 1. The van der Waals surface area contributed by atoms with Crippen molar-refractivity contribution >= 4 is 5.69 Å². The number of hydrogen-bond acceptors (Lipinski definition) is 3. The highest BCUT2D eigenvalue weighted by Gasteiger charge is 2.24. The third kappa shape index (κ3) is 2.05. The van der Waals surface area contributed by atoms with Gasteiger partial charge in [-0.05, 0) is 48.7 Å². The van der Waals surface area contributed by atoms with Crippen molar-refractivity contribution in [2.45, 2.75) is 25.3 Å². The quantitative estimate of drug-likeness (QED) is 0.750. The van der Waals surface area contributed by atoms with Crippen molar-refractivity contribution in [2.75, 3.05) is 32.5 Å². The second kappa shape index (κ2) is 4.31. The van der Waals surface area contributed by atoms with Crippen LogP contribution in [-0.4, -0.2) is 31.7 Å².